The molecule has 1 N–H and O–H groups in total. The van der Waals surface area contributed by atoms with Crippen molar-refractivity contribution in [2.75, 3.05) is 11.5 Å². The Kier molecular flexibility index (Phi) is 3.51. The van der Waals surface area contributed by atoms with Gasteiger partial charge in [0.05, 0.1) is 31.2 Å². The number of anilines is 1. The second-order valence-corrected chi connectivity index (χ2v) is 8.06. The predicted octanol–water partition coefficient (Wildman–Crippen LogP) is 2.05. The summed E-state index contributed by atoms with van der Waals surface area (Å²) in [4.78, 5) is 24.0. The van der Waals surface area contributed by atoms with Crippen molar-refractivity contribution in [2.24, 2.45) is 0 Å². The number of ether oxygens (including phenoxy) is 2. The Hall–Kier alpha value is -3.43. The van der Waals surface area contributed by atoms with E-state index in [4.69, 9.17) is 14.5 Å². The van der Waals surface area contributed by atoms with E-state index in [9.17, 15) is 9.18 Å². The molecule has 1 aliphatic carbocycles. The maximum atomic E-state index is 14.1. The Morgan fingerprint density at radius 1 is 1.33 bits per heavy atom. The van der Waals surface area contributed by atoms with Gasteiger partial charge in [-0.05, 0) is 19.4 Å². The van der Waals surface area contributed by atoms with Crippen molar-refractivity contribution >= 4 is 17.4 Å². The molecule has 1 saturated carbocycles. The van der Waals surface area contributed by atoms with Crippen molar-refractivity contribution in [1.29, 1.82) is 0 Å². The Morgan fingerprint density at radius 3 is 3.00 bits per heavy atom. The fourth-order valence-corrected chi connectivity index (χ4v) is 4.16. The molecule has 0 aromatic carbocycles. The Labute approximate surface area is 170 Å². The van der Waals surface area contributed by atoms with Gasteiger partial charge in [-0.1, -0.05) is 0 Å². The number of fused-ring (bicyclic) bond motifs is 1. The Morgan fingerprint density at radius 2 is 2.20 bits per heavy atom. The van der Waals surface area contributed by atoms with Crippen molar-refractivity contribution in [1.82, 2.24) is 24.9 Å². The van der Waals surface area contributed by atoms with Gasteiger partial charge in [0.25, 0.3) is 5.91 Å². The number of hydrogen-bond donors (Lipinski definition) is 1. The summed E-state index contributed by atoms with van der Waals surface area (Å²) in [6.45, 7) is 2.79. The van der Waals surface area contributed by atoms with Gasteiger partial charge in [0.1, 0.15) is 18.0 Å². The lowest BCUT2D eigenvalue weighted by atomic mass is 9.87. The van der Waals surface area contributed by atoms with Gasteiger partial charge in [0.2, 0.25) is 5.88 Å². The van der Waals surface area contributed by atoms with Crippen LogP contribution in [0.25, 0.3) is 5.65 Å². The second kappa shape index (κ2) is 6.04. The first-order chi connectivity index (χ1) is 14.5. The molecule has 0 radical (unpaired) electrons. The first-order valence-electron chi connectivity index (χ1n) is 9.95. The van der Waals surface area contributed by atoms with Crippen LogP contribution < -0.4 is 19.7 Å². The van der Waals surface area contributed by atoms with Crippen LogP contribution in [0.5, 0.6) is 11.6 Å². The summed E-state index contributed by atoms with van der Waals surface area (Å²) in [5.74, 6) is 0.671. The summed E-state index contributed by atoms with van der Waals surface area (Å²) in [6, 6.07) is 1.40. The highest BCUT2D eigenvalue weighted by atomic mass is 19.1. The predicted molar refractivity (Wildman–Crippen MR) is 103 cm³/mol. The molecule has 5 heterocycles. The molecule has 3 aromatic heterocycles. The van der Waals surface area contributed by atoms with E-state index in [1.54, 1.807) is 6.20 Å². The minimum Gasteiger partial charge on any atom is -0.486 e. The van der Waals surface area contributed by atoms with Crippen molar-refractivity contribution < 1.29 is 18.7 Å². The zero-order chi connectivity index (χ0) is 20.5. The maximum Gasteiger partial charge on any atom is 0.259 e. The summed E-state index contributed by atoms with van der Waals surface area (Å²) >= 11 is 0. The fraction of sp³-hybridized carbons (Fsp3) is 0.400. The normalized spacial score (nSPS) is 21.7. The number of nitrogens with one attached hydrogen (secondary N) is 1. The first kappa shape index (κ1) is 17.4. The van der Waals surface area contributed by atoms with Crippen LogP contribution in [-0.2, 0) is 6.54 Å². The molecule has 6 rings (SSSR count). The number of hydrogen-bond acceptors (Lipinski definition) is 7. The lowest BCUT2D eigenvalue weighted by Gasteiger charge is -2.42. The van der Waals surface area contributed by atoms with Crippen LogP contribution in [0.4, 0.5) is 10.2 Å². The molecule has 2 bridgehead atoms. The third-order valence-corrected chi connectivity index (χ3v) is 6.00. The van der Waals surface area contributed by atoms with E-state index in [-0.39, 0.29) is 11.9 Å². The monoisotopic (exact) mass is 410 g/mol. The van der Waals surface area contributed by atoms with Crippen LogP contribution in [0, 0.1) is 5.82 Å². The van der Waals surface area contributed by atoms with Gasteiger partial charge in [0.15, 0.2) is 22.9 Å². The molecular weight excluding hydrogens is 391 g/mol. The van der Waals surface area contributed by atoms with Crippen LogP contribution >= 0.6 is 0 Å². The number of pyridine rings is 1. The van der Waals surface area contributed by atoms with Gasteiger partial charge in [-0.25, -0.2) is 18.9 Å². The smallest absolute Gasteiger partial charge is 0.259 e. The van der Waals surface area contributed by atoms with Crippen LogP contribution in [0.1, 0.15) is 42.1 Å². The van der Waals surface area contributed by atoms with Gasteiger partial charge in [-0.3, -0.25) is 4.79 Å². The molecule has 9 nitrogen and oxygen atoms in total. The van der Waals surface area contributed by atoms with Gasteiger partial charge < -0.3 is 19.7 Å². The number of rotatable bonds is 0. The molecule has 10 heteroatoms. The van der Waals surface area contributed by atoms with E-state index in [1.807, 2.05) is 11.8 Å². The summed E-state index contributed by atoms with van der Waals surface area (Å²) in [5.41, 5.74) is 0.510. The molecule has 0 saturated heterocycles. The summed E-state index contributed by atoms with van der Waals surface area (Å²) < 4.78 is 27.7. The number of carbonyl (C=O) groups excluding carboxylic acids is 1. The molecule has 1 fully saturated rings. The van der Waals surface area contributed by atoms with E-state index in [1.165, 1.54) is 16.8 Å². The highest BCUT2D eigenvalue weighted by Crippen LogP contribution is 2.39. The molecule has 0 unspecified atom stereocenters. The topological polar surface area (TPSA) is 93.9 Å². The van der Waals surface area contributed by atoms with Crippen LogP contribution in [0.2, 0.25) is 0 Å². The van der Waals surface area contributed by atoms with E-state index < -0.39 is 11.5 Å². The molecule has 1 atom stereocenters. The molecule has 154 valence electrons. The summed E-state index contributed by atoms with van der Waals surface area (Å²) in [6.07, 6.45) is 6.56. The number of nitrogens with zero attached hydrogens (tertiary/aromatic N) is 5. The van der Waals surface area contributed by atoms with Gasteiger partial charge in [-0.15, -0.1) is 0 Å². The maximum absolute atomic E-state index is 14.1. The van der Waals surface area contributed by atoms with Gasteiger partial charge >= 0.3 is 0 Å². The SMILES string of the molecule is C[C@@H]1COc2cn3ncc4c3nc2N1Cc1cc(F)cnc1OC1(CCC1)NC4=O. The third kappa shape index (κ3) is 2.52. The summed E-state index contributed by atoms with van der Waals surface area (Å²) in [7, 11) is 0. The highest BCUT2D eigenvalue weighted by Gasteiger charge is 2.43. The zero-order valence-electron chi connectivity index (χ0n) is 16.3. The van der Waals surface area contributed by atoms with Crippen molar-refractivity contribution in [3.8, 4) is 11.6 Å². The quantitative estimate of drug-likeness (QED) is 0.606. The molecule has 30 heavy (non-hydrogen) atoms. The molecule has 2 aliphatic heterocycles. The minimum atomic E-state index is -0.872. The largest absolute Gasteiger partial charge is 0.486 e. The van der Waals surface area contributed by atoms with Gasteiger partial charge in [0, 0.05) is 18.4 Å². The molecule has 3 aromatic rings. The van der Waals surface area contributed by atoms with Crippen molar-refractivity contribution in [2.45, 2.75) is 44.5 Å². The standard InChI is InChI=1S/C20H19FN6O3/c1-11-10-29-15-9-27-16-14(7-23-27)18(28)25-20(3-2-4-20)30-19-12(5-13(21)6-22-19)8-26(11)17(15)24-16/h5-7,9,11H,2-4,8,10H2,1H3,(H,25,28)/t11-/m1/s1. The van der Waals surface area contributed by atoms with Crippen molar-refractivity contribution in [3.05, 3.63) is 41.6 Å². The number of carbonyl (C=O) groups is 1. The molecule has 1 spiro atoms. The summed E-state index contributed by atoms with van der Waals surface area (Å²) in [5, 5.41) is 7.26. The Bertz CT molecular complexity index is 1190. The second-order valence-electron chi connectivity index (χ2n) is 8.06. The average Bonchev–Trinajstić information content (AvgIpc) is 3.11. The number of amides is 1. The van der Waals surface area contributed by atoms with Gasteiger partial charge in [-0.2, -0.15) is 5.10 Å². The van der Waals surface area contributed by atoms with Crippen LogP contribution in [-0.4, -0.2) is 43.9 Å². The third-order valence-electron chi connectivity index (χ3n) is 6.00. The molecule has 3 aliphatic rings. The van der Waals surface area contributed by atoms with Crippen LogP contribution in [0.15, 0.2) is 24.7 Å². The number of halogens is 1. The lowest BCUT2D eigenvalue weighted by molar-refractivity contribution is -0.0360. The highest BCUT2D eigenvalue weighted by molar-refractivity contribution is 6.00. The van der Waals surface area contributed by atoms with E-state index in [2.05, 4.69) is 15.4 Å². The number of aromatic nitrogens is 4. The van der Waals surface area contributed by atoms with Crippen LogP contribution in [0.3, 0.4) is 0 Å². The lowest BCUT2D eigenvalue weighted by Crippen LogP contribution is -2.58. The minimum absolute atomic E-state index is 0.0237. The van der Waals surface area contributed by atoms with E-state index in [0.29, 0.717) is 60.2 Å². The average molecular weight is 410 g/mol. The molecular formula is C20H19FN6O3. The van der Waals surface area contributed by atoms with E-state index in [0.717, 1.165) is 12.6 Å². The zero-order valence-corrected chi connectivity index (χ0v) is 16.3. The van der Waals surface area contributed by atoms with E-state index >= 15 is 0 Å². The molecule has 1 amide bonds. The first-order valence-corrected chi connectivity index (χ1v) is 9.95. The van der Waals surface area contributed by atoms with Crippen molar-refractivity contribution in [3.63, 3.8) is 0 Å². The Balaban J connectivity index is 1.58. The fourth-order valence-electron chi connectivity index (χ4n) is 4.16.